The highest BCUT2D eigenvalue weighted by atomic mass is 28.4. The fourth-order valence-corrected chi connectivity index (χ4v) is 3.18. The smallest absolute Gasteiger partial charge is 0.290 e. The molecule has 24 heavy (non-hydrogen) atoms. The minimum Gasteiger partial charge on any atom is -0.493 e. The number of ether oxygens (including phenoxy) is 2. The van der Waals surface area contributed by atoms with Crippen molar-refractivity contribution in [1.29, 1.82) is 0 Å². The van der Waals surface area contributed by atoms with Gasteiger partial charge in [-0.25, -0.2) is 0 Å². The Bertz CT molecular complexity index is 770. The van der Waals surface area contributed by atoms with Crippen molar-refractivity contribution in [1.82, 2.24) is 4.74 Å². The zero-order chi connectivity index (χ0) is 18.1. The molecule has 0 aliphatic rings. The number of hydrogen-bond acceptors (Lipinski definition) is 5. The molecule has 2 aromatic rings. The molecule has 0 saturated heterocycles. The first kappa shape index (κ1) is 18.6. The minimum absolute atomic E-state index is 0.132. The molecule has 0 atom stereocenters. The molecule has 134 valence electrons. The average Bonchev–Trinajstić information content (AvgIpc) is 2.80. The van der Waals surface area contributed by atoms with E-state index in [1.807, 2.05) is 0 Å². The SMILES string of the molecule is COc1cc2on(CCO[Si](C)(C)C(C)(C)C)c(=O)c2cc1OC. The Kier molecular flexibility index (Phi) is 5.15. The van der Waals surface area contributed by atoms with E-state index in [9.17, 15) is 4.79 Å². The first-order chi connectivity index (χ1) is 11.1. The molecule has 0 unspecified atom stereocenters. The first-order valence-electron chi connectivity index (χ1n) is 8.00. The molecule has 0 spiro atoms. The molecule has 0 fully saturated rings. The summed E-state index contributed by atoms with van der Waals surface area (Å²) in [6, 6.07) is 3.31. The van der Waals surface area contributed by atoms with Crippen LogP contribution >= 0.6 is 0 Å². The Morgan fingerprint density at radius 1 is 1.12 bits per heavy atom. The quantitative estimate of drug-likeness (QED) is 0.742. The highest BCUT2D eigenvalue weighted by Gasteiger charge is 2.37. The van der Waals surface area contributed by atoms with Crippen LogP contribution in [0, 0.1) is 0 Å². The molecule has 6 nitrogen and oxygen atoms in total. The van der Waals surface area contributed by atoms with E-state index in [-0.39, 0.29) is 10.6 Å². The van der Waals surface area contributed by atoms with Crippen LogP contribution in [0.1, 0.15) is 20.8 Å². The van der Waals surface area contributed by atoms with Gasteiger partial charge < -0.3 is 18.4 Å². The van der Waals surface area contributed by atoms with Gasteiger partial charge in [-0.05, 0) is 18.1 Å². The first-order valence-corrected chi connectivity index (χ1v) is 10.9. The van der Waals surface area contributed by atoms with Gasteiger partial charge in [-0.2, -0.15) is 4.74 Å². The summed E-state index contributed by atoms with van der Waals surface area (Å²) in [4.78, 5) is 12.5. The van der Waals surface area contributed by atoms with Crippen LogP contribution in [-0.4, -0.2) is 33.9 Å². The summed E-state index contributed by atoms with van der Waals surface area (Å²) in [5.74, 6) is 1.04. The third kappa shape index (κ3) is 3.51. The van der Waals surface area contributed by atoms with E-state index in [0.717, 1.165) is 0 Å². The lowest BCUT2D eigenvalue weighted by atomic mass is 10.2. The molecule has 0 aliphatic carbocycles. The van der Waals surface area contributed by atoms with Crippen molar-refractivity contribution in [2.45, 2.75) is 45.4 Å². The normalized spacial score (nSPS) is 12.6. The van der Waals surface area contributed by atoms with Gasteiger partial charge in [-0.1, -0.05) is 20.8 Å². The van der Waals surface area contributed by atoms with Gasteiger partial charge in [0.2, 0.25) is 0 Å². The van der Waals surface area contributed by atoms with Crippen LogP contribution in [0.4, 0.5) is 0 Å². The van der Waals surface area contributed by atoms with E-state index in [1.165, 1.54) is 11.8 Å². The molecule has 1 aromatic heterocycles. The van der Waals surface area contributed by atoms with Crippen molar-refractivity contribution in [3.05, 3.63) is 22.5 Å². The molecule has 1 heterocycles. The second-order valence-corrected chi connectivity index (χ2v) is 12.1. The van der Waals surface area contributed by atoms with Gasteiger partial charge in [0.15, 0.2) is 25.4 Å². The summed E-state index contributed by atoms with van der Waals surface area (Å²) in [5, 5.41) is 0.604. The molecule has 0 radical (unpaired) electrons. The fraction of sp³-hybridized carbons (Fsp3) is 0.588. The second kappa shape index (κ2) is 6.64. The maximum Gasteiger partial charge on any atom is 0.290 e. The largest absolute Gasteiger partial charge is 0.493 e. The molecule has 0 saturated carbocycles. The van der Waals surface area contributed by atoms with Gasteiger partial charge in [0, 0.05) is 12.1 Å². The number of hydrogen-bond donors (Lipinski definition) is 0. The highest BCUT2D eigenvalue weighted by Crippen LogP contribution is 2.36. The monoisotopic (exact) mass is 353 g/mol. The number of benzene rings is 1. The van der Waals surface area contributed by atoms with Crippen molar-refractivity contribution in [2.75, 3.05) is 20.8 Å². The van der Waals surface area contributed by atoms with Gasteiger partial charge in [-0.3, -0.25) is 4.79 Å². The molecule has 1 aromatic carbocycles. The van der Waals surface area contributed by atoms with Crippen LogP contribution in [0.25, 0.3) is 11.0 Å². The molecular formula is C17H27NO5Si. The van der Waals surface area contributed by atoms with Crippen molar-refractivity contribution in [3.8, 4) is 11.5 Å². The lowest BCUT2D eigenvalue weighted by molar-refractivity contribution is 0.205. The third-order valence-corrected chi connectivity index (χ3v) is 9.25. The zero-order valence-corrected chi connectivity index (χ0v) is 16.6. The van der Waals surface area contributed by atoms with Gasteiger partial charge in [-0.15, -0.1) is 0 Å². The Balaban J connectivity index is 2.22. The van der Waals surface area contributed by atoms with Gasteiger partial charge in [0.25, 0.3) is 5.56 Å². The topological polar surface area (TPSA) is 62.8 Å². The predicted octanol–water partition coefficient (Wildman–Crippen LogP) is 3.63. The molecule has 2 rings (SSSR count). The van der Waals surface area contributed by atoms with E-state index in [0.29, 0.717) is 35.6 Å². The van der Waals surface area contributed by atoms with Gasteiger partial charge >= 0.3 is 0 Å². The molecule has 0 bridgehead atoms. The Morgan fingerprint density at radius 3 is 2.25 bits per heavy atom. The number of fused-ring (bicyclic) bond motifs is 1. The molecular weight excluding hydrogens is 326 g/mol. The van der Waals surface area contributed by atoms with Crippen molar-refractivity contribution in [2.24, 2.45) is 0 Å². The van der Waals surface area contributed by atoms with Crippen LogP contribution in [0.2, 0.25) is 18.1 Å². The summed E-state index contributed by atoms with van der Waals surface area (Å²) in [6.45, 7) is 11.8. The maximum absolute atomic E-state index is 12.5. The molecule has 0 amide bonds. The zero-order valence-electron chi connectivity index (χ0n) is 15.6. The minimum atomic E-state index is -1.84. The fourth-order valence-electron chi connectivity index (χ4n) is 2.14. The Morgan fingerprint density at radius 2 is 1.71 bits per heavy atom. The van der Waals surface area contributed by atoms with Crippen LogP contribution < -0.4 is 15.0 Å². The number of aromatic nitrogens is 1. The lowest BCUT2D eigenvalue weighted by Crippen LogP contribution is -2.41. The predicted molar refractivity (Wildman–Crippen MR) is 96.7 cm³/mol. The van der Waals surface area contributed by atoms with E-state index >= 15 is 0 Å². The van der Waals surface area contributed by atoms with Crippen LogP contribution in [0.5, 0.6) is 11.5 Å². The van der Waals surface area contributed by atoms with Gasteiger partial charge in [0.05, 0.1) is 32.8 Å². The molecule has 0 aliphatic heterocycles. The van der Waals surface area contributed by atoms with Crippen LogP contribution in [0.15, 0.2) is 21.5 Å². The van der Waals surface area contributed by atoms with E-state index in [4.69, 9.17) is 18.4 Å². The van der Waals surface area contributed by atoms with E-state index < -0.39 is 8.32 Å². The summed E-state index contributed by atoms with van der Waals surface area (Å²) in [5.41, 5.74) is 0.287. The second-order valence-electron chi connectivity index (χ2n) is 7.31. The Labute approximate surface area is 143 Å². The maximum atomic E-state index is 12.5. The standard InChI is InChI=1S/C17H27NO5Si/c1-17(2,3)24(6,7)22-9-8-18-16(19)12-10-14(20-4)15(21-5)11-13(12)23-18/h10-11H,8-9H2,1-7H3. The third-order valence-electron chi connectivity index (χ3n) is 4.71. The number of rotatable bonds is 6. The summed E-state index contributed by atoms with van der Waals surface area (Å²) in [7, 11) is 1.24. The molecule has 0 N–H and O–H groups in total. The Hall–Kier alpha value is -1.73. The average molecular weight is 353 g/mol. The number of nitrogens with zero attached hydrogens (tertiary/aromatic N) is 1. The van der Waals surface area contributed by atoms with E-state index in [2.05, 4.69) is 33.9 Å². The van der Waals surface area contributed by atoms with Crippen LogP contribution in [-0.2, 0) is 11.0 Å². The van der Waals surface area contributed by atoms with Crippen molar-refractivity contribution >= 4 is 19.3 Å². The lowest BCUT2D eigenvalue weighted by Gasteiger charge is -2.36. The van der Waals surface area contributed by atoms with Gasteiger partial charge in [0.1, 0.15) is 0 Å². The highest BCUT2D eigenvalue weighted by molar-refractivity contribution is 6.74. The van der Waals surface area contributed by atoms with E-state index in [1.54, 1.807) is 19.2 Å². The summed E-state index contributed by atoms with van der Waals surface area (Å²) >= 11 is 0. The molecule has 7 heteroatoms. The van der Waals surface area contributed by atoms with Crippen LogP contribution in [0.3, 0.4) is 0 Å². The number of methoxy groups -OCH3 is 2. The summed E-state index contributed by atoms with van der Waals surface area (Å²) < 4.78 is 23.6. The van der Waals surface area contributed by atoms with Crippen molar-refractivity contribution < 1.29 is 18.4 Å². The van der Waals surface area contributed by atoms with Crippen molar-refractivity contribution in [3.63, 3.8) is 0 Å². The summed E-state index contributed by atoms with van der Waals surface area (Å²) in [6.07, 6.45) is 0.